The molecule has 0 fully saturated rings. The molecule has 0 saturated carbocycles. The van der Waals surface area contributed by atoms with Gasteiger partial charge in [0.2, 0.25) is 21.7 Å². The molecule has 0 spiro atoms. The molecule has 0 aliphatic carbocycles. The number of ether oxygens (including phenoxy) is 3. The van der Waals surface area contributed by atoms with Gasteiger partial charge in [0.05, 0.1) is 39.8 Å². The Balaban J connectivity index is 0.00000132. The van der Waals surface area contributed by atoms with Crippen LogP contribution in [-0.4, -0.2) is 70.2 Å². The van der Waals surface area contributed by atoms with Gasteiger partial charge in [-0.15, -0.1) is 0 Å². The highest BCUT2D eigenvalue weighted by atomic mass is 32.2. The highest BCUT2D eigenvalue weighted by Gasteiger charge is 2.16. The molecule has 2 rings (SSSR count). The van der Waals surface area contributed by atoms with Crippen LogP contribution in [0, 0.1) is 0 Å². The summed E-state index contributed by atoms with van der Waals surface area (Å²) >= 11 is 0. The standard InChI is InChI=1S/C15H20N4O6S.CH2O2/c1-23-11-5-9(6-12(24-2)15(11)25-3)10-7-13(19-18-10)17-14(20)8-16-26(4,21)22;2-1-3/h5-7,16H,8H2,1-4H3,(H2,17,18,19,20);1H,(H,2,3). The molecule has 0 aliphatic heterocycles. The van der Waals surface area contributed by atoms with Crippen LogP contribution < -0.4 is 24.2 Å². The van der Waals surface area contributed by atoms with Gasteiger partial charge in [0, 0.05) is 11.6 Å². The van der Waals surface area contributed by atoms with E-state index in [0.717, 1.165) is 6.26 Å². The summed E-state index contributed by atoms with van der Waals surface area (Å²) in [6, 6.07) is 5.05. The van der Waals surface area contributed by atoms with E-state index in [4.69, 9.17) is 24.1 Å². The first-order valence-corrected chi connectivity index (χ1v) is 9.76. The second kappa shape index (κ2) is 10.9. The monoisotopic (exact) mass is 430 g/mol. The van der Waals surface area contributed by atoms with Crippen LogP contribution in [0.3, 0.4) is 0 Å². The van der Waals surface area contributed by atoms with Crippen molar-refractivity contribution in [2.75, 3.05) is 39.4 Å². The minimum Gasteiger partial charge on any atom is -0.493 e. The van der Waals surface area contributed by atoms with Crippen molar-refractivity contribution in [2.24, 2.45) is 0 Å². The number of carboxylic acid groups (broad SMARTS) is 1. The largest absolute Gasteiger partial charge is 0.493 e. The highest BCUT2D eigenvalue weighted by Crippen LogP contribution is 2.40. The molecule has 12 nitrogen and oxygen atoms in total. The van der Waals surface area contributed by atoms with E-state index in [-0.39, 0.29) is 18.8 Å². The Morgan fingerprint density at radius 2 is 1.72 bits per heavy atom. The zero-order chi connectivity index (χ0) is 22.0. The average molecular weight is 430 g/mol. The number of H-pyrrole nitrogens is 1. The second-order valence-corrected chi connectivity index (χ2v) is 7.16. The molecule has 0 radical (unpaired) electrons. The number of rotatable bonds is 8. The van der Waals surface area contributed by atoms with Gasteiger partial charge in [-0.05, 0) is 12.1 Å². The summed E-state index contributed by atoms with van der Waals surface area (Å²) in [6.07, 6.45) is 0.970. The van der Waals surface area contributed by atoms with Crippen LogP contribution in [-0.2, 0) is 19.6 Å². The van der Waals surface area contributed by atoms with Gasteiger partial charge in [0.15, 0.2) is 17.3 Å². The summed E-state index contributed by atoms with van der Waals surface area (Å²) in [6.45, 7) is -0.634. The third kappa shape index (κ3) is 7.31. The maximum absolute atomic E-state index is 11.7. The molecule has 1 heterocycles. The number of methoxy groups -OCH3 is 3. The van der Waals surface area contributed by atoms with Crippen molar-refractivity contribution in [3.63, 3.8) is 0 Å². The summed E-state index contributed by atoms with van der Waals surface area (Å²) in [7, 11) is 1.08. The van der Waals surface area contributed by atoms with Crippen LogP contribution in [0.15, 0.2) is 18.2 Å². The maximum Gasteiger partial charge on any atom is 0.290 e. The molecule has 0 unspecified atom stereocenters. The van der Waals surface area contributed by atoms with Gasteiger partial charge in [-0.3, -0.25) is 14.7 Å². The Morgan fingerprint density at radius 3 is 2.17 bits per heavy atom. The zero-order valence-corrected chi connectivity index (χ0v) is 17.0. The number of hydrogen-bond donors (Lipinski definition) is 4. The van der Waals surface area contributed by atoms with Gasteiger partial charge in [-0.1, -0.05) is 0 Å². The van der Waals surface area contributed by atoms with Gasteiger partial charge in [0.1, 0.15) is 0 Å². The number of anilines is 1. The molecule has 29 heavy (non-hydrogen) atoms. The first kappa shape index (κ1) is 23.7. The van der Waals surface area contributed by atoms with E-state index in [0.29, 0.717) is 28.5 Å². The molecular formula is C16H22N4O8S. The van der Waals surface area contributed by atoms with E-state index in [1.165, 1.54) is 21.3 Å². The predicted molar refractivity (Wildman–Crippen MR) is 104 cm³/mol. The minimum atomic E-state index is -3.45. The fraction of sp³-hybridized carbons (Fsp3) is 0.312. The molecule has 0 saturated heterocycles. The first-order valence-electron chi connectivity index (χ1n) is 7.87. The Kier molecular flexibility index (Phi) is 8.89. The fourth-order valence-corrected chi connectivity index (χ4v) is 2.55. The van der Waals surface area contributed by atoms with E-state index in [9.17, 15) is 13.2 Å². The lowest BCUT2D eigenvalue weighted by Crippen LogP contribution is -2.32. The van der Waals surface area contributed by atoms with Crippen LogP contribution in [0.2, 0.25) is 0 Å². The SMILES string of the molecule is COc1cc(-c2cc(NC(=O)CNS(C)(=O)=O)n[nH]2)cc(OC)c1OC.O=CO. The van der Waals surface area contributed by atoms with Crippen LogP contribution in [0.5, 0.6) is 17.2 Å². The van der Waals surface area contributed by atoms with E-state index >= 15 is 0 Å². The lowest BCUT2D eigenvalue weighted by atomic mass is 10.1. The van der Waals surface area contributed by atoms with E-state index in [1.807, 2.05) is 0 Å². The third-order valence-corrected chi connectivity index (χ3v) is 3.98. The van der Waals surface area contributed by atoms with Crippen molar-refractivity contribution in [1.29, 1.82) is 0 Å². The molecule has 160 valence electrons. The van der Waals surface area contributed by atoms with Crippen LogP contribution >= 0.6 is 0 Å². The number of sulfonamides is 1. The summed E-state index contributed by atoms with van der Waals surface area (Å²) in [5, 5.41) is 16.1. The van der Waals surface area contributed by atoms with Crippen LogP contribution in [0.25, 0.3) is 11.3 Å². The lowest BCUT2D eigenvalue weighted by molar-refractivity contribution is -0.123. The number of nitrogens with zero attached hydrogens (tertiary/aromatic N) is 1. The van der Waals surface area contributed by atoms with Crippen molar-refractivity contribution >= 4 is 28.2 Å². The summed E-state index contributed by atoms with van der Waals surface area (Å²) in [4.78, 5) is 20.1. The van der Waals surface area contributed by atoms with Crippen molar-refractivity contribution in [3.05, 3.63) is 18.2 Å². The fourth-order valence-electron chi connectivity index (χ4n) is 2.15. The average Bonchev–Trinajstić information content (AvgIpc) is 3.13. The van der Waals surface area contributed by atoms with Gasteiger partial charge in [-0.2, -0.15) is 5.10 Å². The number of hydrogen-bond acceptors (Lipinski definition) is 8. The van der Waals surface area contributed by atoms with Crippen molar-refractivity contribution in [2.45, 2.75) is 0 Å². The zero-order valence-electron chi connectivity index (χ0n) is 16.2. The molecule has 1 amide bonds. The van der Waals surface area contributed by atoms with Crippen LogP contribution in [0.4, 0.5) is 5.82 Å². The minimum absolute atomic E-state index is 0.244. The molecule has 13 heteroatoms. The van der Waals surface area contributed by atoms with E-state index < -0.39 is 15.9 Å². The molecule has 0 aliphatic rings. The maximum atomic E-state index is 11.7. The summed E-state index contributed by atoms with van der Waals surface area (Å²) in [5.74, 6) is 1.10. The third-order valence-electron chi connectivity index (χ3n) is 3.32. The molecule has 0 atom stereocenters. The number of amides is 1. The smallest absolute Gasteiger partial charge is 0.290 e. The van der Waals surface area contributed by atoms with Crippen molar-refractivity contribution in [3.8, 4) is 28.5 Å². The summed E-state index contributed by atoms with van der Waals surface area (Å²) < 4.78 is 40.0. The quantitative estimate of drug-likeness (QED) is 0.430. The second-order valence-electron chi connectivity index (χ2n) is 5.33. The Labute approximate surface area is 167 Å². The number of nitrogens with one attached hydrogen (secondary N) is 3. The molecule has 1 aromatic carbocycles. The number of aromatic nitrogens is 2. The lowest BCUT2D eigenvalue weighted by Gasteiger charge is -2.13. The van der Waals surface area contributed by atoms with Gasteiger partial charge >= 0.3 is 0 Å². The number of carbonyl (C=O) groups excluding carboxylic acids is 1. The number of aromatic amines is 1. The summed E-state index contributed by atoms with van der Waals surface area (Å²) in [5.41, 5.74) is 1.29. The highest BCUT2D eigenvalue weighted by molar-refractivity contribution is 7.88. The predicted octanol–water partition coefficient (Wildman–Crippen LogP) is 0.291. The number of carbonyl (C=O) groups is 2. The Hall–Kier alpha value is -3.32. The molecule has 2 aromatic rings. The number of benzene rings is 1. The Bertz CT molecular complexity index is 917. The first-order chi connectivity index (χ1) is 13.7. The van der Waals surface area contributed by atoms with E-state index in [1.54, 1.807) is 18.2 Å². The molecular weight excluding hydrogens is 408 g/mol. The Morgan fingerprint density at radius 1 is 1.17 bits per heavy atom. The van der Waals surface area contributed by atoms with Crippen molar-refractivity contribution < 1.29 is 37.3 Å². The molecule has 1 aromatic heterocycles. The van der Waals surface area contributed by atoms with Gasteiger partial charge < -0.3 is 24.6 Å². The van der Waals surface area contributed by atoms with Gasteiger partial charge in [-0.25, -0.2) is 13.1 Å². The van der Waals surface area contributed by atoms with Crippen LogP contribution in [0.1, 0.15) is 0 Å². The van der Waals surface area contributed by atoms with Gasteiger partial charge in [0.25, 0.3) is 6.47 Å². The molecule has 0 bridgehead atoms. The normalized spacial score (nSPS) is 10.3. The van der Waals surface area contributed by atoms with Crippen molar-refractivity contribution in [1.82, 2.24) is 14.9 Å². The topological polar surface area (TPSA) is 169 Å². The van der Waals surface area contributed by atoms with E-state index in [2.05, 4.69) is 20.2 Å². The molecule has 4 N–H and O–H groups in total.